The number of alkyl halides is 2. The minimum atomic E-state index is -2.49. The summed E-state index contributed by atoms with van der Waals surface area (Å²) in [5.74, 6) is 1.72. The first-order chi connectivity index (χ1) is 16.5. The van der Waals surface area contributed by atoms with Gasteiger partial charge in [-0.3, -0.25) is 0 Å². The smallest absolute Gasteiger partial charge is 0.256 e. The molecule has 0 amide bonds. The second-order valence-corrected chi connectivity index (χ2v) is 8.63. The van der Waals surface area contributed by atoms with Gasteiger partial charge in [-0.15, -0.1) is 0 Å². The third-order valence-electron chi connectivity index (χ3n) is 6.49. The number of H-pyrrole nitrogens is 1. The molecule has 4 aromatic rings. The fourth-order valence-corrected chi connectivity index (χ4v) is 4.73. The van der Waals surface area contributed by atoms with Gasteiger partial charge in [0.2, 0.25) is 5.95 Å². The molecule has 1 fully saturated rings. The fraction of sp³-hybridized carbons (Fsp3) is 0.478. The van der Waals surface area contributed by atoms with Crippen molar-refractivity contribution in [2.45, 2.75) is 57.7 Å². The Morgan fingerprint density at radius 3 is 2.65 bits per heavy atom. The predicted octanol–water partition coefficient (Wildman–Crippen LogP) is 4.35. The van der Waals surface area contributed by atoms with E-state index in [1.165, 1.54) is 4.57 Å². The molecule has 0 radical (unpaired) electrons. The molecular weight excluding hydrogens is 442 g/mol. The van der Waals surface area contributed by atoms with Crippen molar-refractivity contribution in [2.75, 3.05) is 24.8 Å². The highest BCUT2D eigenvalue weighted by molar-refractivity contribution is 6.01. The third kappa shape index (κ3) is 4.15. The molecule has 4 aromatic heterocycles. The van der Waals surface area contributed by atoms with Gasteiger partial charge < -0.3 is 24.9 Å². The van der Waals surface area contributed by atoms with Crippen LogP contribution in [0.2, 0.25) is 0 Å². The molecule has 0 bridgehead atoms. The lowest BCUT2D eigenvalue weighted by atomic mass is 9.93. The number of fused-ring (bicyclic) bond motifs is 2. The molecule has 4 heterocycles. The van der Waals surface area contributed by atoms with Gasteiger partial charge in [0.15, 0.2) is 5.65 Å². The largest absolute Gasteiger partial charge is 0.381 e. The first-order valence-electron chi connectivity index (χ1n) is 11.5. The maximum absolute atomic E-state index is 13.1. The van der Waals surface area contributed by atoms with Crippen LogP contribution in [-0.2, 0) is 11.3 Å². The Hall–Kier alpha value is -3.34. The van der Waals surface area contributed by atoms with Crippen LogP contribution in [0.3, 0.4) is 0 Å². The number of pyridine rings is 1. The van der Waals surface area contributed by atoms with E-state index in [1.807, 2.05) is 19.3 Å². The van der Waals surface area contributed by atoms with E-state index in [1.54, 1.807) is 20.1 Å². The number of rotatable bonds is 7. The Kier molecular flexibility index (Phi) is 6.03. The zero-order valence-corrected chi connectivity index (χ0v) is 19.4. The molecule has 1 aliphatic rings. The summed E-state index contributed by atoms with van der Waals surface area (Å²) in [5.41, 5.74) is 3.10. The minimum absolute atomic E-state index is 0.297. The van der Waals surface area contributed by atoms with Gasteiger partial charge in [0, 0.05) is 32.0 Å². The summed E-state index contributed by atoms with van der Waals surface area (Å²) in [6, 6.07) is 3.94. The van der Waals surface area contributed by atoms with Crippen LogP contribution in [-0.4, -0.2) is 62.2 Å². The Morgan fingerprint density at radius 1 is 1.15 bits per heavy atom. The van der Waals surface area contributed by atoms with Crippen molar-refractivity contribution in [1.29, 1.82) is 0 Å². The topological polar surface area (TPSA) is 106 Å². The number of aryl methyl sites for hydroxylation is 1. The van der Waals surface area contributed by atoms with Crippen molar-refractivity contribution < 1.29 is 13.5 Å². The molecule has 1 saturated carbocycles. The van der Waals surface area contributed by atoms with Crippen molar-refractivity contribution in [3.05, 3.63) is 24.2 Å². The van der Waals surface area contributed by atoms with Crippen molar-refractivity contribution in [3.8, 4) is 11.3 Å². The SMILES string of the molecule is CNc1nc(N[C@H]2CC[C@@H](OC)CC2)nc2[nH]cc(-c3ccc4nc(C)n(CC(F)F)c4n3)c12. The Balaban J connectivity index is 1.49. The quantitative estimate of drug-likeness (QED) is 0.369. The first kappa shape index (κ1) is 22.5. The van der Waals surface area contributed by atoms with Crippen molar-refractivity contribution in [3.63, 3.8) is 0 Å². The van der Waals surface area contributed by atoms with Crippen molar-refractivity contribution in [1.82, 2.24) is 29.5 Å². The second-order valence-electron chi connectivity index (χ2n) is 8.63. The van der Waals surface area contributed by atoms with E-state index in [2.05, 4.69) is 25.6 Å². The van der Waals surface area contributed by atoms with Crippen LogP contribution in [0.1, 0.15) is 31.5 Å². The van der Waals surface area contributed by atoms with Crippen LogP contribution < -0.4 is 10.6 Å². The van der Waals surface area contributed by atoms with Crippen LogP contribution in [0.25, 0.3) is 33.5 Å². The first-order valence-corrected chi connectivity index (χ1v) is 11.5. The van der Waals surface area contributed by atoms with Crippen LogP contribution in [0, 0.1) is 6.92 Å². The zero-order chi connectivity index (χ0) is 23.8. The number of hydrogen-bond acceptors (Lipinski definition) is 7. The molecule has 0 spiro atoms. The summed E-state index contributed by atoms with van der Waals surface area (Å²) < 4.78 is 33.1. The Bertz CT molecular complexity index is 1310. The number of imidazole rings is 1. The number of hydrogen-bond donors (Lipinski definition) is 3. The van der Waals surface area contributed by atoms with Gasteiger partial charge in [-0.25, -0.2) is 18.7 Å². The number of nitrogens with one attached hydrogen (secondary N) is 3. The summed E-state index contributed by atoms with van der Waals surface area (Å²) in [6.07, 6.45) is 3.68. The zero-order valence-electron chi connectivity index (χ0n) is 19.4. The molecule has 9 nitrogen and oxygen atoms in total. The number of ether oxygens (including phenoxy) is 1. The highest BCUT2D eigenvalue weighted by Gasteiger charge is 2.23. The van der Waals surface area contributed by atoms with E-state index in [-0.39, 0.29) is 0 Å². The Morgan fingerprint density at radius 2 is 1.94 bits per heavy atom. The van der Waals surface area contributed by atoms with E-state index in [4.69, 9.17) is 14.7 Å². The van der Waals surface area contributed by atoms with E-state index in [0.29, 0.717) is 52.2 Å². The number of nitrogens with zero attached hydrogens (tertiary/aromatic N) is 5. The Labute approximate surface area is 195 Å². The highest BCUT2D eigenvalue weighted by atomic mass is 19.3. The van der Waals surface area contributed by atoms with Crippen LogP contribution >= 0.6 is 0 Å². The lowest BCUT2D eigenvalue weighted by molar-refractivity contribution is 0.0681. The number of aromatic nitrogens is 6. The van der Waals surface area contributed by atoms with Crippen molar-refractivity contribution >= 4 is 34.0 Å². The molecular formula is C23H28F2N8O. The number of anilines is 2. The van der Waals surface area contributed by atoms with Gasteiger partial charge >= 0.3 is 0 Å². The molecule has 1 aliphatic carbocycles. The minimum Gasteiger partial charge on any atom is -0.381 e. The van der Waals surface area contributed by atoms with Crippen LogP contribution in [0.15, 0.2) is 18.3 Å². The molecule has 180 valence electrons. The van der Waals surface area contributed by atoms with Gasteiger partial charge in [0.25, 0.3) is 6.43 Å². The standard InChI is InChI=1S/C23H28F2N8O/c1-12-28-17-9-8-16(30-22(17)33(12)11-18(24)25)15-10-27-21-19(15)20(26-2)31-23(32-21)29-13-4-6-14(34-3)7-5-13/h8-10,13-14,18H,4-7,11H2,1-3H3,(H3,26,27,29,31,32)/t13-,14+. The normalized spacial score (nSPS) is 18.8. The molecule has 0 saturated heterocycles. The maximum atomic E-state index is 13.1. The lowest BCUT2D eigenvalue weighted by Crippen LogP contribution is -2.29. The molecule has 0 atom stereocenters. The fourth-order valence-electron chi connectivity index (χ4n) is 4.73. The van der Waals surface area contributed by atoms with Gasteiger partial charge in [0.05, 0.1) is 23.7 Å². The molecule has 0 aromatic carbocycles. The van der Waals surface area contributed by atoms with Crippen LogP contribution in [0.5, 0.6) is 0 Å². The molecule has 3 N–H and O–H groups in total. The van der Waals surface area contributed by atoms with Gasteiger partial charge in [0.1, 0.15) is 22.8 Å². The van der Waals surface area contributed by atoms with Gasteiger partial charge in [-0.2, -0.15) is 9.97 Å². The predicted molar refractivity (Wildman–Crippen MR) is 127 cm³/mol. The summed E-state index contributed by atoms with van der Waals surface area (Å²) >= 11 is 0. The lowest BCUT2D eigenvalue weighted by Gasteiger charge is -2.28. The molecule has 11 heteroatoms. The van der Waals surface area contributed by atoms with Crippen LogP contribution in [0.4, 0.5) is 20.5 Å². The van der Waals surface area contributed by atoms with E-state index in [9.17, 15) is 8.78 Å². The van der Waals surface area contributed by atoms with Gasteiger partial charge in [-0.05, 0) is 44.7 Å². The summed E-state index contributed by atoms with van der Waals surface area (Å²) in [5, 5.41) is 7.41. The second kappa shape index (κ2) is 9.13. The number of halogens is 2. The molecule has 0 aliphatic heterocycles. The van der Waals surface area contributed by atoms with Gasteiger partial charge in [-0.1, -0.05) is 0 Å². The summed E-state index contributed by atoms with van der Waals surface area (Å²) in [6.45, 7) is 1.26. The average Bonchev–Trinajstić information content (AvgIpc) is 3.39. The van der Waals surface area contributed by atoms with E-state index >= 15 is 0 Å². The van der Waals surface area contributed by atoms with E-state index < -0.39 is 13.0 Å². The van der Waals surface area contributed by atoms with Crippen molar-refractivity contribution in [2.24, 2.45) is 0 Å². The molecule has 0 unspecified atom stereocenters. The van der Waals surface area contributed by atoms with E-state index in [0.717, 1.165) is 36.6 Å². The highest BCUT2D eigenvalue weighted by Crippen LogP contribution is 2.33. The average molecular weight is 471 g/mol. The monoisotopic (exact) mass is 470 g/mol. The molecule has 5 rings (SSSR count). The summed E-state index contributed by atoms with van der Waals surface area (Å²) in [4.78, 5) is 21.7. The third-order valence-corrected chi connectivity index (χ3v) is 6.49. The molecule has 34 heavy (non-hydrogen) atoms. The number of aromatic amines is 1. The number of methoxy groups -OCH3 is 1. The maximum Gasteiger partial charge on any atom is 0.256 e. The summed E-state index contributed by atoms with van der Waals surface area (Å²) in [7, 11) is 3.57.